The molecule has 83 heavy (non-hydrogen) atoms. The van der Waals surface area contributed by atoms with Crippen molar-refractivity contribution < 1.29 is 34.0 Å². The second-order valence-electron chi connectivity index (χ2n) is 22.6. The molecule has 1 N–H and O–H groups in total. The summed E-state index contributed by atoms with van der Waals surface area (Å²) in [5, 5.41) is 21.1. The van der Waals surface area contributed by atoms with Gasteiger partial charge in [-0.1, -0.05) is 105 Å². The van der Waals surface area contributed by atoms with E-state index in [-0.39, 0.29) is 94.3 Å². The van der Waals surface area contributed by atoms with Crippen LogP contribution in [0.25, 0.3) is 4.85 Å². The van der Waals surface area contributed by atoms with Gasteiger partial charge in [-0.25, -0.2) is 4.85 Å². The molecule has 0 amide bonds. The van der Waals surface area contributed by atoms with Crippen LogP contribution in [0.5, 0.6) is 0 Å². The summed E-state index contributed by atoms with van der Waals surface area (Å²) in [6.07, 6.45) is 32.0. The van der Waals surface area contributed by atoms with Gasteiger partial charge in [-0.3, -0.25) is 34.1 Å². The summed E-state index contributed by atoms with van der Waals surface area (Å²) in [7, 11) is 0. The van der Waals surface area contributed by atoms with Crippen LogP contribution in [0.4, 0.5) is 11.4 Å². The number of aryl methyl sites for hydroxylation is 2. The van der Waals surface area contributed by atoms with Crippen molar-refractivity contribution in [2.45, 2.75) is 112 Å². The predicted octanol–water partition coefficient (Wildman–Crippen LogP) is 14.0. The van der Waals surface area contributed by atoms with E-state index < -0.39 is 11.0 Å². The number of nitro benzene ring substituents is 1. The fraction of sp³-hybridized carbons (Fsp3) is 0.361. The third-order valence-electron chi connectivity index (χ3n) is 16.6. The molecule has 5 aromatic rings. The predicted molar refractivity (Wildman–Crippen MR) is 327 cm³/mol. The van der Waals surface area contributed by atoms with Gasteiger partial charge in [0.25, 0.3) is 5.69 Å². The molecule has 422 valence electrons. The lowest BCUT2D eigenvalue weighted by molar-refractivity contribution is -0.384. The molecule has 0 aromatic heterocycles. The normalized spacial score (nSPS) is 19.8. The largest absolute Gasteiger partial charge is 0.391 e. The zero-order valence-corrected chi connectivity index (χ0v) is 48.7. The van der Waals surface area contributed by atoms with Crippen molar-refractivity contribution in [2.24, 2.45) is 53.3 Å². The van der Waals surface area contributed by atoms with Crippen LogP contribution in [-0.4, -0.2) is 45.1 Å². The number of hydrogen-bond donors (Lipinski definition) is 1. The molecule has 11 heteroatoms. The lowest BCUT2D eigenvalue weighted by Crippen LogP contribution is -2.25. The minimum absolute atomic E-state index is 0.0120. The van der Waals surface area contributed by atoms with Crippen molar-refractivity contribution in [1.82, 2.24) is 0 Å². The molecule has 10 nitrogen and oxygen atoms in total. The lowest BCUT2D eigenvalue weighted by Gasteiger charge is -2.14. The summed E-state index contributed by atoms with van der Waals surface area (Å²) in [6, 6.07) is 27.3. The third-order valence-corrected chi connectivity index (χ3v) is 16.9. The molecule has 0 saturated carbocycles. The Morgan fingerprint density at radius 2 is 0.867 bits per heavy atom. The van der Waals surface area contributed by atoms with Crippen molar-refractivity contribution in [3.63, 3.8) is 0 Å². The molecule has 5 aliphatic rings. The molecule has 0 aliphatic heterocycles. The number of rotatable bonds is 11. The second-order valence-corrected chi connectivity index (χ2v) is 23.0. The SMILES string of the molecule is C#CCC(C)C1Cc2ccc(C)cc2C1=O.C#CCC(C)C1Cc2ccc(Cl)cc2C1=O.C#CCC(C)C1Cc2ccc([N+](=O)[O-])cc2C1=O.C#CCC(O)C1Cc2cc(C)ccc2C1=O.[C-]#[N+]c1ccc2c(c1)C(=O)C(C(C)CC#C)C2. The number of nitro groups is 1. The maximum atomic E-state index is 12.2. The van der Waals surface area contributed by atoms with Crippen LogP contribution in [0.2, 0.25) is 5.02 Å². The Morgan fingerprint density at radius 1 is 0.506 bits per heavy atom. The highest BCUT2D eigenvalue weighted by molar-refractivity contribution is 6.31. The van der Waals surface area contributed by atoms with E-state index in [0.29, 0.717) is 60.4 Å². The van der Waals surface area contributed by atoms with Gasteiger partial charge in [0.1, 0.15) is 0 Å². The highest BCUT2D eigenvalue weighted by Gasteiger charge is 2.38. The number of fused-ring (bicyclic) bond motifs is 5. The Kier molecular flexibility index (Phi) is 22.1. The summed E-state index contributed by atoms with van der Waals surface area (Å²) < 4.78 is 0. The molecule has 0 bridgehead atoms. The van der Waals surface area contributed by atoms with E-state index in [2.05, 4.69) is 53.5 Å². The van der Waals surface area contributed by atoms with E-state index in [4.69, 9.17) is 50.3 Å². The number of ketones is 5. The van der Waals surface area contributed by atoms with Gasteiger partial charge in [0.05, 0.1) is 23.5 Å². The van der Waals surface area contributed by atoms with Gasteiger partial charge in [-0.15, -0.1) is 61.7 Å². The van der Waals surface area contributed by atoms with E-state index >= 15 is 0 Å². The maximum Gasteiger partial charge on any atom is 0.270 e. The molecule has 10 atom stereocenters. The first-order chi connectivity index (χ1) is 39.6. The minimum Gasteiger partial charge on any atom is -0.391 e. The number of carbonyl (C=O) groups excluding carboxylic acids is 5. The van der Waals surface area contributed by atoms with E-state index in [9.17, 15) is 39.2 Å². The zero-order chi connectivity index (χ0) is 60.8. The maximum absolute atomic E-state index is 12.2. The van der Waals surface area contributed by atoms with Crippen LogP contribution < -0.4 is 0 Å². The van der Waals surface area contributed by atoms with Crippen molar-refractivity contribution in [3.8, 4) is 61.7 Å². The van der Waals surface area contributed by atoms with Gasteiger partial charge in [-0.2, -0.15) is 0 Å². The Bertz CT molecular complexity index is 3490. The highest BCUT2D eigenvalue weighted by atomic mass is 35.5. The number of nitrogens with zero attached hydrogens (tertiary/aromatic N) is 2. The number of terminal acetylenes is 5. The summed E-state index contributed by atoms with van der Waals surface area (Å²) in [4.78, 5) is 74.3. The topological polar surface area (TPSA) is 153 Å². The molecule has 0 radical (unpaired) electrons. The number of aliphatic hydroxyl groups excluding tert-OH is 1. The second kappa shape index (κ2) is 28.9. The monoisotopic (exact) mass is 1120 g/mol. The number of non-ortho nitro benzene ring substituents is 1. The molecule has 0 heterocycles. The first-order valence-electron chi connectivity index (χ1n) is 27.9. The van der Waals surface area contributed by atoms with Crippen LogP contribution in [0, 0.1) is 146 Å². The van der Waals surface area contributed by atoms with Crippen molar-refractivity contribution in [2.75, 3.05) is 0 Å². The average molecular weight is 1130 g/mol. The Balaban J connectivity index is 0.000000167. The molecule has 0 fully saturated rings. The summed E-state index contributed by atoms with van der Waals surface area (Å²) in [6.45, 7) is 19.0. The van der Waals surface area contributed by atoms with E-state index in [1.807, 2.05) is 77.1 Å². The van der Waals surface area contributed by atoms with Crippen molar-refractivity contribution >= 4 is 51.9 Å². The molecular formula is C72H69ClN2O8. The summed E-state index contributed by atoms with van der Waals surface area (Å²) >= 11 is 5.89. The molecule has 5 aromatic carbocycles. The van der Waals surface area contributed by atoms with Gasteiger partial charge in [0.15, 0.2) is 34.6 Å². The van der Waals surface area contributed by atoms with Crippen molar-refractivity contribution in [1.29, 1.82) is 0 Å². The van der Waals surface area contributed by atoms with Crippen LogP contribution in [0.15, 0.2) is 91.0 Å². The van der Waals surface area contributed by atoms with Gasteiger partial charge in [0, 0.05) is 101 Å². The zero-order valence-electron chi connectivity index (χ0n) is 48.0. The Hall–Kier alpha value is -8.61. The summed E-state index contributed by atoms with van der Waals surface area (Å²) in [5.41, 5.74) is 11.7. The number of aliphatic hydroxyl groups is 1. The highest BCUT2D eigenvalue weighted by Crippen LogP contribution is 2.38. The van der Waals surface area contributed by atoms with Gasteiger partial charge in [-0.05, 0) is 122 Å². The fourth-order valence-corrected chi connectivity index (χ4v) is 11.9. The summed E-state index contributed by atoms with van der Waals surface area (Å²) in [5.74, 6) is 13.9. The number of halogens is 1. The molecule has 10 rings (SSSR count). The number of carbonyl (C=O) groups is 5. The minimum atomic E-state index is -0.717. The molecule has 0 saturated heterocycles. The van der Waals surface area contributed by atoms with Gasteiger partial charge >= 0.3 is 0 Å². The van der Waals surface area contributed by atoms with E-state index in [1.165, 1.54) is 17.7 Å². The Morgan fingerprint density at radius 3 is 1.31 bits per heavy atom. The standard InChI is InChI=1S/C15H13NO.C15H16O.C14H13ClO.C14H13NO3.C14H14O2/c1-4-5-10(2)13-8-11-6-7-12(16-3)9-14(11)15(13)17;1-4-5-11(3)13-9-12-7-6-10(2)8-14(12)15(13)16;1-3-4-9(2)12-7-10-5-6-11(15)8-13(10)14(12)16;1-3-4-9(2)12-7-10-5-6-11(15(17)18)8-13(10)14(12)16;1-3-4-13(15)12-8-10-7-9(2)5-6-11(10)14(12)16/h1,6-7,9-10,13H,5,8H2,2H3;1,6-8,11,13H,5,9H2,2-3H3;1,5-6,8-9,12H,4,7H2,2H3;1,5-6,8-9,12H,4,7H2,2H3;1,5-7,12-13,15H,4,8H2,2H3. The molecule has 10 unspecified atom stereocenters. The number of benzene rings is 5. The quantitative estimate of drug-likeness (QED) is 0.0594. The number of Topliss-reactive ketones (excluding diaryl/α,β-unsaturated/α-hetero) is 5. The average Bonchev–Trinajstić information content (AvgIpc) is 3.87. The molecule has 5 aliphatic carbocycles. The van der Waals surface area contributed by atoms with Crippen LogP contribution in [-0.2, 0) is 32.1 Å². The molecular weight excluding hydrogens is 1060 g/mol. The first kappa shape index (κ1) is 63.6. The third kappa shape index (κ3) is 15.1. The van der Waals surface area contributed by atoms with Crippen LogP contribution in [0.1, 0.15) is 151 Å². The first-order valence-corrected chi connectivity index (χ1v) is 28.3. The Labute approximate surface area is 494 Å². The van der Waals surface area contributed by atoms with Gasteiger partial charge in [0.2, 0.25) is 0 Å². The van der Waals surface area contributed by atoms with E-state index in [0.717, 1.165) is 69.3 Å². The van der Waals surface area contributed by atoms with Crippen LogP contribution >= 0.6 is 11.6 Å². The smallest absolute Gasteiger partial charge is 0.270 e. The lowest BCUT2D eigenvalue weighted by atomic mass is 9.88. The van der Waals surface area contributed by atoms with Crippen molar-refractivity contribution in [3.05, 3.63) is 184 Å². The van der Waals surface area contributed by atoms with E-state index in [1.54, 1.807) is 24.3 Å². The van der Waals surface area contributed by atoms with Gasteiger partial charge < -0.3 is 5.11 Å². The number of hydrogen-bond acceptors (Lipinski definition) is 8. The molecule has 0 spiro atoms. The fourth-order valence-electron chi connectivity index (χ4n) is 11.7. The van der Waals surface area contributed by atoms with Crippen LogP contribution in [0.3, 0.4) is 0 Å².